The molecule has 2 rings (SSSR count). The number of imidazole rings is 1. The first-order valence-corrected chi connectivity index (χ1v) is 3.88. The minimum atomic E-state index is -0.464. The highest BCUT2D eigenvalue weighted by Crippen LogP contribution is 2.23. The number of rotatable bonds is 2. The third-order valence-electron chi connectivity index (χ3n) is 1.83. The number of aromatic amines is 1. The second-order valence-electron chi connectivity index (χ2n) is 2.75. The van der Waals surface area contributed by atoms with Crippen LogP contribution in [-0.4, -0.2) is 24.7 Å². The molecule has 2 aromatic rings. The molecule has 14 heavy (non-hydrogen) atoms. The van der Waals surface area contributed by atoms with Crippen LogP contribution in [0.3, 0.4) is 0 Å². The minimum Gasteiger partial charge on any atom is -0.283 e. The molecule has 0 fully saturated rings. The van der Waals surface area contributed by atoms with Crippen LogP contribution >= 0.6 is 0 Å². The average Bonchev–Trinajstić information content (AvgIpc) is 2.70. The van der Waals surface area contributed by atoms with Crippen LogP contribution in [0.25, 0.3) is 5.82 Å². The molecular weight excluding hydrogens is 186 g/mol. The lowest BCUT2D eigenvalue weighted by atomic mass is 10.4. The molecule has 0 bridgehead atoms. The van der Waals surface area contributed by atoms with Crippen LogP contribution in [0.5, 0.6) is 0 Å². The van der Waals surface area contributed by atoms with Gasteiger partial charge in [0.15, 0.2) is 0 Å². The van der Waals surface area contributed by atoms with E-state index in [1.54, 1.807) is 13.1 Å². The lowest BCUT2D eigenvalue weighted by molar-refractivity contribution is -0.385. The van der Waals surface area contributed by atoms with E-state index in [0.717, 1.165) is 0 Å². The van der Waals surface area contributed by atoms with Crippen LogP contribution in [0.1, 0.15) is 5.69 Å². The van der Waals surface area contributed by atoms with E-state index >= 15 is 0 Å². The smallest absolute Gasteiger partial charge is 0.283 e. The molecule has 0 saturated heterocycles. The maximum atomic E-state index is 10.7. The van der Waals surface area contributed by atoms with Crippen LogP contribution in [0.15, 0.2) is 18.7 Å². The zero-order valence-electron chi connectivity index (χ0n) is 7.34. The van der Waals surface area contributed by atoms with Gasteiger partial charge in [-0.25, -0.2) is 4.98 Å². The van der Waals surface area contributed by atoms with E-state index < -0.39 is 4.92 Å². The van der Waals surface area contributed by atoms with Crippen molar-refractivity contribution >= 4 is 5.69 Å². The predicted molar refractivity (Wildman–Crippen MR) is 47.1 cm³/mol. The van der Waals surface area contributed by atoms with Crippen molar-refractivity contribution in [3.05, 3.63) is 34.5 Å². The third-order valence-corrected chi connectivity index (χ3v) is 1.83. The van der Waals surface area contributed by atoms with Crippen LogP contribution in [0, 0.1) is 17.0 Å². The number of aromatic nitrogens is 4. The molecule has 0 amide bonds. The van der Waals surface area contributed by atoms with Crippen molar-refractivity contribution in [1.82, 2.24) is 19.7 Å². The van der Waals surface area contributed by atoms with E-state index in [9.17, 15) is 10.1 Å². The normalized spacial score (nSPS) is 10.4. The number of hydrogen-bond donors (Lipinski definition) is 1. The first kappa shape index (κ1) is 8.42. The molecule has 7 heteroatoms. The Morgan fingerprint density at radius 2 is 2.43 bits per heavy atom. The lowest BCUT2D eigenvalue weighted by Crippen LogP contribution is -1.97. The summed E-state index contributed by atoms with van der Waals surface area (Å²) in [6, 6.07) is 0. The first-order valence-electron chi connectivity index (χ1n) is 3.88. The number of aryl methyl sites for hydroxylation is 1. The van der Waals surface area contributed by atoms with E-state index in [0.29, 0.717) is 5.69 Å². The Balaban J connectivity index is 2.60. The van der Waals surface area contributed by atoms with Crippen molar-refractivity contribution < 1.29 is 4.92 Å². The Morgan fingerprint density at radius 1 is 1.64 bits per heavy atom. The molecule has 7 nitrogen and oxygen atoms in total. The Labute approximate surface area is 78.5 Å². The number of nitrogens with zero attached hydrogens (tertiary/aromatic N) is 4. The second-order valence-corrected chi connectivity index (χ2v) is 2.75. The Hall–Kier alpha value is -2.18. The van der Waals surface area contributed by atoms with Gasteiger partial charge in [0.25, 0.3) is 0 Å². The summed E-state index contributed by atoms with van der Waals surface area (Å²) in [5, 5.41) is 17.1. The van der Waals surface area contributed by atoms with Gasteiger partial charge >= 0.3 is 5.69 Å². The lowest BCUT2D eigenvalue weighted by Gasteiger charge is -1.94. The molecule has 0 aliphatic rings. The van der Waals surface area contributed by atoms with Crippen LogP contribution in [0.2, 0.25) is 0 Å². The molecule has 0 aliphatic heterocycles. The quantitative estimate of drug-likeness (QED) is 0.564. The topological polar surface area (TPSA) is 89.6 Å². The molecule has 0 aliphatic carbocycles. The summed E-state index contributed by atoms with van der Waals surface area (Å²) in [5.74, 6) is 0.255. The van der Waals surface area contributed by atoms with E-state index in [1.807, 2.05) is 0 Å². The number of nitrogens with one attached hydrogen (secondary N) is 1. The summed E-state index contributed by atoms with van der Waals surface area (Å²) in [6.45, 7) is 1.60. The number of H-pyrrole nitrogens is 1. The van der Waals surface area contributed by atoms with E-state index in [4.69, 9.17) is 0 Å². The standard InChI is InChI=1S/C7H7N5O2/c1-5-6(12(13)14)7(10-9-5)11-3-2-8-4-11/h2-4H,1H3,(H,9,10). The molecule has 2 aromatic heterocycles. The van der Waals surface area contributed by atoms with E-state index in [-0.39, 0.29) is 11.5 Å². The zero-order valence-corrected chi connectivity index (χ0v) is 7.34. The fourth-order valence-corrected chi connectivity index (χ4v) is 1.19. The molecule has 72 valence electrons. The Bertz CT molecular complexity index is 458. The molecule has 0 aromatic carbocycles. The highest BCUT2D eigenvalue weighted by molar-refractivity contribution is 5.49. The fourth-order valence-electron chi connectivity index (χ4n) is 1.19. The van der Waals surface area contributed by atoms with Crippen LogP contribution in [-0.2, 0) is 0 Å². The van der Waals surface area contributed by atoms with Crippen molar-refractivity contribution in [3.63, 3.8) is 0 Å². The Kier molecular flexibility index (Phi) is 1.77. The maximum absolute atomic E-state index is 10.7. The first-order chi connectivity index (χ1) is 6.70. The SMILES string of the molecule is Cc1[nH]nc(-n2ccnc2)c1[N+](=O)[O-]. The Morgan fingerprint density at radius 3 is 3.00 bits per heavy atom. The van der Waals surface area contributed by atoms with Crippen molar-refractivity contribution in [3.8, 4) is 5.82 Å². The summed E-state index contributed by atoms with van der Waals surface area (Å²) < 4.78 is 1.49. The van der Waals surface area contributed by atoms with E-state index in [2.05, 4.69) is 15.2 Å². The molecule has 0 spiro atoms. The zero-order chi connectivity index (χ0) is 10.1. The summed E-state index contributed by atoms with van der Waals surface area (Å²) in [7, 11) is 0. The highest BCUT2D eigenvalue weighted by atomic mass is 16.6. The molecular formula is C7H7N5O2. The van der Waals surface area contributed by atoms with Gasteiger partial charge in [-0.2, -0.15) is 0 Å². The van der Waals surface area contributed by atoms with Crippen molar-refractivity contribution in [2.24, 2.45) is 0 Å². The van der Waals surface area contributed by atoms with Gasteiger partial charge in [-0.15, -0.1) is 5.10 Å². The average molecular weight is 193 g/mol. The van der Waals surface area contributed by atoms with Crippen LogP contribution < -0.4 is 0 Å². The van der Waals surface area contributed by atoms with Crippen LogP contribution in [0.4, 0.5) is 5.69 Å². The summed E-state index contributed by atoms with van der Waals surface area (Å²) in [6.07, 6.45) is 4.60. The van der Waals surface area contributed by atoms with Gasteiger partial charge in [-0.05, 0) is 6.92 Å². The molecule has 2 heterocycles. The highest BCUT2D eigenvalue weighted by Gasteiger charge is 2.22. The summed E-state index contributed by atoms with van der Waals surface area (Å²) in [5.41, 5.74) is 0.404. The molecule has 0 saturated carbocycles. The van der Waals surface area contributed by atoms with Gasteiger partial charge in [0.2, 0.25) is 5.82 Å². The molecule has 1 N–H and O–H groups in total. The van der Waals surface area contributed by atoms with Crippen molar-refractivity contribution in [1.29, 1.82) is 0 Å². The van der Waals surface area contributed by atoms with E-state index in [1.165, 1.54) is 17.1 Å². The van der Waals surface area contributed by atoms with Gasteiger partial charge < -0.3 is 0 Å². The summed E-state index contributed by atoms with van der Waals surface area (Å²) in [4.78, 5) is 14.0. The summed E-state index contributed by atoms with van der Waals surface area (Å²) >= 11 is 0. The number of hydrogen-bond acceptors (Lipinski definition) is 4. The molecule has 0 unspecified atom stereocenters. The van der Waals surface area contributed by atoms with Gasteiger partial charge in [-0.3, -0.25) is 19.8 Å². The largest absolute Gasteiger partial charge is 0.334 e. The maximum Gasteiger partial charge on any atom is 0.334 e. The molecule has 0 radical (unpaired) electrons. The fraction of sp³-hybridized carbons (Fsp3) is 0.143. The third kappa shape index (κ3) is 1.15. The van der Waals surface area contributed by atoms with Crippen molar-refractivity contribution in [2.75, 3.05) is 0 Å². The van der Waals surface area contributed by atoms with Gasteiger partial charge in [-0.1, -0.05) is 0 Å². The molecule has 0 atom stereocenters. The van der Waals surface area contributed by atoms with Gasteiger partial charge in [0.05, 0.1) is 4.92 Å². The monoisotopic (exact) mass is 193 g/mol. The van der Waals surface area contributed by atoms with Crippen molar-refractivity contribution in [2.45, 2.75) is 6.92 Å². The number of nitro groups is 1. The predicted octanol–water partition coefficient (Wildman–Crippen LogP) is 0.812. The minimum absolute atomic E-state index is 0.0250. The van der Waals surface area contributed by atoms with Gasteiger partial charge in [0, 0.05) is 12.4 Å². The second kappa shape index (κ2) is 2.95. The van der Waals surface area contributed by atoms with Gasteiger partial charge in [0.1, 0.15) is 12.0 Å².